The van der Waals surface area contributed by atoms with E-state index in [2.05, 4.69) is 5.32 Å². The van der Waals surface area contributed by atoms with Gasteiger partial charge in [-0.05, 0) is 18.8 Å². The van der Waals surface area contributed by atoms with Gasteiger partial charge in [0.2, 0.25) is 5.82 Å². The molecule has 2 fully saturated rings. The van der Waals surface area contributed by atoms with Crippen molar-refractivity contribution in [3.8, 4) is 0 Å². The summed E-state index contributed by atoms with van der Waals surface area (Å²) in [6, 6.07) is -0.750. The Labute approximate surface area is 137 Å². The molecule has 0 bridgehead atoms. The van der Waals surface area contributed by atoms with Crippen LogP contribution in [0.5, 0.6) is 0 Å². The lowest BCUT2D eigenvalue weighted by atomic mass is 9.76. The third-order valence-corrected chi connectivity index (χ3v) is 4.68. The Morgan fingerprint density at radius 1 is 0.826 bits per heavy atom. The molecule has 1 N–H and O–H groups in total. The molecule has 1 aromatic rings. The second kappa shape index (κ2) is 7.32. The molecule has 1 aliphatic carbocycles. The molecule has 1 aliphatic heterocycles. The van der Waals surface area contributed by atoms with Gasteiger partial charge in [0.1, 0.15) is 0 Å². The van der Waals surface area contributed by atoms with E-state index in [1.54, 1.807) is 0 Å². The quantitative estimate of drug-likeness (QED) is 0.506. The summed E-state index contributed by atoms with van der Waals surface area (Å²) in [6.07, 6.45) is 2.41. The van der Waals surface area contributed by atoms with Crippen LogP contribution in [0.4, 0.5) is 22.0 Å². The largest absolute Gasteiger partial charge is 0.314 e. The molecular formula is C15H18ClF5N2. The average Bonchev–Trinajstić information content (AvgIpc) is 2.49. The number of nitrogens with zero attached hydrogens (tertiary/aromatic N) is 1. The van der Waals surface area contributed by atoms with Gasteiger partial charge >= 0.3 is 0 Å². The van der Waals surface area contributed by atoms with Crippen LogP contribution in [0.3, 0.4) is 0 Å². The summed E-state index contributed by atoms with van der Waals surface area (Å²) >= 11 is 0. The molecule has 1 atom stereocenters. The third-order valence-electron chi connectivity index (χ3n) is 4.68. The summed E-state index contributed by atoms with van der Waals surface area (Å²) in [5.74, 6) is -9.24. The van der Waals surface area contributed by atoms with Crippen molar-refractivity contribution >= 4 is 12.4 Å². The lowest BCUT2D eigenvalue weighted by molar-refractivity contribution is 0.0768. The Kier molecular flexibility index (Phi) is 5.86. The highest BCUT2D eigenvalue weighted by Gasteiger charge is 2.39. The van der Waals surface area contributed by atoms with Crippen molar-refractivity contribution in [2.24, 2.45) is 5.92 Å². The summed E-state index contributed by atoms with van der Waals surface area (Å²) in [5, 5.41) is 3.12. The Balaban J connectivity index is 0.00000192. The summed E-state index contributed by atoms with van der Waals surface area (Å²) in [4.78, 5) is 1.83. The Bertz CT molecular complexity index is 544. The van der Waals surface area contributed by atoms with E-state index in [1.807, 2.05) is 4.90 Å². The maximum absolute atomic E-state index is 14.2. The van der Waals surface area contributed by atoms with Crippen molar-refractivity contribution in [2.75, 3.05) is 26.2 Å². The van der Waals surface area contributed by atoms with Gasteiger partial charge in [0, 0.05) is 37.8 Å². The van der Waals surface area contributed by atoms with Crippen molar-refractivity contribution in [2.45, 2.75) is 25.3 Å². The molecule has 8 heteroatoms. The lowest BCUT2D eigenvalue weighted by Crippen LogP contribution is -2.48. The first-order valence-corrected chi connectivity index (χ1v) is 7.48. The number of hydrogen-bond donors (Lipinski definition) is 1. The fraction of sp³-hybridized carbons (Fsp3) is 0.600. The standard InChI is InChI=1S/C15H17F5N2.ClH/c16-10-9(11(17)13(19)14(20)12(10)18)15(8-2-1-3-8)22-6-4-21-5-7-22;/h8,15,21H,1-7H2;1H/t15-;/m1./s1. The Morgan fingerprint density at radius 3 is 1.74 bits per heavy atom. The highest BCUT2D eigenvalue weighted by Crippen LogP contribution is 2.44. The molecule has 0 aromatic heterocycles. The smallest absolute Gasteiger partial charge is 0.200 e. The van der Waals surface area contributed by atoms with E-state index in [1.165, 1.54) is 0 Å². The van der Waals surface area contributed by atoms with Gasteiger partial charge in [-0.15, -0.1) is 12.4 Å². The van der Waals surface area contributed by atoms with Gasteiger partial charge in [0.05, 0.1) is 0 Å². The van der Waals surface area contributed by atoms with Crippen LogP contribution in [-0.2, 0) is 0 Å². The molecule has 0 radical (unpaired) electrons. The van der Waals surface area contributed by atoms with Crippen molar-refractivity contribution < 1.29 is 22.0 Å². The molecule has 2 aliphatic rings. The van der Waals surface area contributed by atoms with Crippen LogP contribution in [0.15, 0.2) is 0 Å². The predicted molar refractivity (Wildman–Crippen MR) is 78.0 cm³/mol. The Hall–Kier alpha value is -0.920. The molecule has 2 nitrogen and oxygen atoms in total. The van der Waals surface area contributed by atoms with Crippen LogP contribution in [0.25, 0.3) is 0 Å². The fourth-order valence-electron chi connectivity index (χ4n) is 3.31. The second-order valence-corrected chi connectivity index (χ2v) is 5.91. The van der Waals surface area contributed by atoms with Crippen LogP contribution in [0.1, 0.15) is 30.9 Å². The van der Waals surface area contributed by atoms with Gasteiger partial charge in [-0.2, -0.15) is 0 Å². The molecule has 0 unspecified atom stereocenters. The van der Waals surface area contributed by atoms with E-state index in [-0.39, 0.29) is 18.3 Å². The molecule has 1 aromatic carbocycles. The molecule has 1 saturated heterocycles. The number of hydrogen-bond acceptors (Lipinski definition) is 2. The molecule has 23 heavy (non-hydrogen) atoms. The van der Waals surface area contributed by atoms with E-state index >= 15 is 0 Å². The van der Waals surface area contributed by atoms with Gasteiger partial charge < -0.3 is 5.32 Å². The zero-order chi connectivity index (χ0) is 15.9. The predicted octanol–water partition coefficient (Wildman–Crippen LogP) is 3.55. The third kappa shape index (κ3) is 3.19. The topological polar surface area (TPSA) is 15.3 Å². The van der Waals surface area contributed by atoms with E-state index in [0.717, 1.165) is 19.3 Å². The maximum Gasteiger partial charge on any atom is 0.200 e. The highest BCUT2D eigenvalue weighted by atomic mass is 35.5. The molecule has 0 amide bonds. The minimum atomic E-state index is -2.09. The number of nitrogens with one attached hydrogen (secondary N) is 1. The molecule has 130 valence electrons. The zero-order valence-corrected chi connectivity index (χ0v) is 13.2. The normalized spacial score (nSPS) is 20.7. The number of benzene rings is 1. The minimum Gasteiger partial charge on any atom is -0.314 e. The fourth-order valence-corrected chi connectivity index (χ4v) is 3.31. The van der Waals surface area contributed by atoms with Crippen molar-refractivity contribution in [3.63, 3.8) is 0 Å². The van der Waals surface area contributed by atoms with E-state index in [0.29, 0.717) is 26.2 Å². The molecule has 1 heterocycles. The SMILES string of the molecule is Cl.Fc1c(F)c(F)c([C@@H](C2CCC2)N2CCNCC2)c(F)c1F. The highest BCUT2D eigenvalue weighted by molar-refractivity contribution is 5.85. The molecule has 0 spiro atoms. The lowest BCUT2D eigenvalue weighted by Gasteiger charge is -2.43. The minimum absolute atomic E-state index is 0. The monoisotopic (exact) mass is 356 g/mol. The first kappa shape index (κ1) is 18.4. The van der Waals surface area contributed by atoms with Gasteiger partial charge in [0.15, 0.2) is 23.3 Å². The summed E-state index contributed by atoms with van der Waals surface area (Å²) in [7, 11) is 0. The molecular weight excluding hydrogens is 339 g/mol. The molecule has 1 saturated carbocycles. The summed E-state index contributed by atoms with van der Waals surface area (Å²) in [5.41, 5.74) is -0.664. The zero-order valence-electron chi connectivity index (χ0n) is 12.3. The van der Waals surface area contributed by atoms with E-state index in [4.69, 9.17) is 0 Å². The van der Waals surface area contributed by atoms with Gasteiger partial charge in [0.25, 0.3) is 0 Å². The molecule has 3 rings (SSSR count). The summed E-state index contributed by atoms with van der Waals surface area (Å²) < 4.78 is 68.6. The van der Waals surface area contributed by atoms with E-state index < -0.39 is 40.7 Å². The first-order valence-electron chi connectivity index (χ1n) is 7.48. The van der Waals surface area contributed by atoms with Gasteiger partial charge in [-0.1, -0.05) is 6.42 Å². The number of piperazine rings is 1. The van der Waals surface area contributed by atoms with Crippen molar-refractivity contribution in [3.05, 3.63) is 34.6 Å². The van der Waals surface area contributed by atoms with Crippen molar-refractivity contribution in [1.82, 2.24) is 10.2 Å². The number of rotatable bonds is 3. The van der Waals surface area contributed by atoms with Crippen LogP contribution in [-0.4, -0.2) is 31.1 Å². The van der Waals surface area contributed by atoms with Crippen molar-refractivity contribution in [1.29, 1.82) is 0 Å². The van der Waals surface area contributed by atoms with Crippen LogP contribution >= 0.6 is 12.4 Å². The van der Waals surface area contributed by atoms with Crippen LogP contribution in [0.2, 0.25) is 0 Å². The number of halogens is 6. The van der Waals surface area contributed by atoms with E-state index in [9.17, 15) is 22.0 Å². The summed E-state index contributed by atoms with van der Waals surface area (Å²) in [6.45, 7) is 2.33. The Morgan fingerprint density at radius 2 is 1.30 bits per heavy atom. The van der Waals surface area contributed by atoms with Gasteiger partial charge in [-0.25, -0.2) is 22.0 Å². The average molecular weight is 357 g/mol. The van der Waals surface area contributed by atoms with Crippen LogP contribution < -0.4 is 5.32 Å². The van der Waals surface area contributed by atoms with Crippen LogP contribution in [0, 0.1) is 35.0 Å². The first-order chi connectivity index (χ1) is 10.5. The maximum atomic E-state index is 14.2. The van der Waals surface area contributed by atoms with Gasteiger partial charge in [-0.3, -0.25) is 4.90 Å². The second-order valence-electron chi connectivity index (χ2n) is 5.91.